The first kappa shape index (κ1) is 17.7. The van der Waals surface area contributed by atoms with Gasteiger partial charge in [0.05, 0.1) is 11.9 Å². The Hall–Kier alpha value is -2.07. The molecule has 3 rings (SSSR count). The third kappa shape index (κ3) is 4.95. The number of benzene rings is 1. The molecule has 0 saturated carbocycles. The van der Waals surface area contributed by atoms with Gasteiger partial charge in [-0.25, -0.2) is 4.98 Å². The fourth-order valence-corrected chi connectivity index (χ4v) is 3.16. The molecule has 5 heteroatoms. The Balaban J connectivity index is 1.49. The van der Waals surface area contributed by atoms with Gasteiger partial charge in [0.1, 0.15) is 5.69 Å². The lowest BCUT2D eigenvalue weighted by molar-refractivity contribution is 0.0949. The van der Waals surface area contributed by atoms with Gasteiger partial charge in [-0.05, 0) is 55.0 Å². The molecule has 1 aromatic carbocycles. The molecule has 1 fully saturated rings. The summed E-state index contributed by atoms with van der Waals surface area (Å²) in [5.41, 5.74) is 2.71. The maximum Gasteiger partial charge on any atom is 0.269 e. The van der Waals surface area contributed by atoms with Gasteiger partial charge in [-0.3, -0.25) is 4.79 Å². The number of piperidine rings is 1. The molecule has 0 unspecified atom stereocenters. The molecule has 1 saturated heterocycles. The highest BCUT2D eigenvalue weighted by molar-refractivity contribution is 6.30. The molecule has 1 N–H and O–H groups in total. The molecule has 132 valence electrons. The van der Waals surface area contributed by atoms with Crippen molar-refractivity contribution in [1.29, 1.82) is 0 Å². The highest BCUT2D eigenvalue weighted by atomic mass is 35.5. The van der Waals surface area contributed by atoms with Crippen molar-refractivity contribution in [3.8, 4) is 0 Å². The molecule has 1 aliphatic heterocycles. The first-order valence-electron chi connectivity index (χ1n) is 8.85. The third-order valence-electron chi connectivity index (χ3n) is 4.74. The van der Waals surface area contributed by atoms with E-state index in [4.69, 9.17) is 11.6 Å². The number of hydrogen-bond acceptors (Lipinski definition) is 3. The summed E-state index contributed by atoms with van der Waals surface area (Å²) in [6.45, 7) is 5.01. The van der Waals surface area contributed by atoms with Gasteiger partial charge in [-0.15, -0.1) is 0 Å². The number of amides is 1. The van der Waals surface area contributed by atoms with E-state index in [1.165, 1.54) is 12.8 Å². The molecule has 0 radical (unpaired) electrons. The predicted molar refractivity (Wildman–Crippen MR) is 102 cm³/mol. The van der Waals surface area contributed by atoms with E-state index >= 15 is 0 Å². The molecule has 25 heavy (non-hydrogen) atoms. The summed E-state index contributed by atoms with van der Waals surface area (Å²) in [5, 5.41) is 3.64. The van der Waals surface area contributed by atoms with Crippen molar-refractivity contribution in [2.75, 3.05) is 24.5 Å². The molecular weight excluding hydrogens is 334 g/mol. The maximum absolute atomic E-state index is 12.2. The van der Waals surface area contributed by atoms with Gasteiger partial charge >= 0.3 is 0 Å². The number of nitrogens with one attached hydrogen (secondary N) is 1. The zero-order chi connectivity index (χ0) is 17.6. The monoisotopic (exact) mass is 357 g/mol. The molecule has 2 heterocycles. The predicted octanol–water partition coefficient (Wildman–Crippen LogP) is 3.94. The Labute approximate surface area is 154 Å². The highest BCUT2D eigenvalue weighted by Gasteiger charge is 2.16. The Morgan fingerprint density at radius 2 is 1.92 bits per heavy atom. The van der Waals surface area contributed by atoms with Crippen LogP contribution in [0.4, 0.5) is 5.69 Å². The van der Waals surface area contributed by atoms with Crippen molar-refractivity contribution in [2.24, 2.45) is 5.92 Å². The SMILES string of the molecule is CC1CCN(c2ccc(C(=O)NCCc3ccc(Cl)cc3)nc2)CC1. The molecule has 0 atom stereocenters. The second-order valence-electron chi connectivity index (χ2n) is 6.70. The van der Waals surface area contributed by atoms with Crippen molar-refractivity contribution in [2.45, 2.75) is 26.2 Å². The molecule has 1 aliphatic rings. The lowest BCUT2D eigenvalue weighted by atomic mass is 9.99. The van der Waals surface area contributed by atoms with Crippen LogP contribution in [0.15, 0.2) is 42.6 Å². The Morgan fingerprint density at radius 3 is 2.56 bits per heavy atom. The molecule has 2 aromatic rings. The number of anilines is 1. The standard InChI is InChI=1S/C20H24ClN3O/c1-15-9-12-24(13-10-15)18-6-7-19(23-14-18)20(25)22-11-8-16-2-4-17(21)5-3-16/h2-7,14-15H,8-13H2,1H3,(H,22,25). The van der Waals surface area contributed by atoms with E-state index in [2.05, 4.69) is 22.1 Å². The second kappa shape index (κ2) is 8.34. The number of halogens is 1. The largest absolute Gasteiger partial charge is 0.370 e. The fourth-order valence-electron chi connectivity index (χ4n) is 3.04. The van der Waals surface area contributed by atoms with E-state index in [0.717, 1.165) is 41.7 Å². The summed E-state index contributed by atoms with van der Waals surface area (Å²) < 4.78 is 0. The lowest BCUT2D eigenvalue weighted by Gasteiger charge is -2.31. The van der Waals surface area contributed by atoms with Crippen LogP contribution in [0.5, 0.6) is 0 Å². The highest BCUT2D eigenvalue weighted by Crippen LogP contribution is 2.22. The van der Waals surface area contributed by atoms with Gasteiger partial charge in [0.15, 0.2) is 0 Å². The van der Waals surface area contributed by atoms with E-state index in [-0.39, 0.29) is 5.91 Å². The van der Waals surface area contributed by atoms with Gasteiger partial charge < -0.3 is 10.2 Å². The smallest absolute Gasteiger partial charge is 0.269 e. The molecular formula is C20H24ClN3O. The average molecular weight is 358 g/mol. The Morgan fingerprint density at radius 1 is 1.20 bits per heavy atom. The average Bonchev–Trinajstić information content (AvgIpc) is 2.64. The van der Waals surface area contributed by atoms with Crippen molar-refractivity contribution < 1.29 is 4.79 Å². The van der Waals surface area contributed by atoms with Crippen LogP contribution in [0.2, 0.25) is 5.02 Å². The van der Waals surface area contributed by atoms with E-state index < -0.39 is 0 Å². The van der Waals surface area contributed by atoms with Crippen molar-refractivity contribution in [1.82, 2.24) is 10.3 Å². The summed E-state index contributed by atoms with van der Waals surface area (Å²) in [7, 11) is 0. The number of pyridine rings is 1. The van der Waals surface area contributed by atoms with Crippen LogP contribution in [0.1, 0.15) is 35.8 Å². The summed E-state index contributed by atoms with van der Waals surface area (Å²) in [6, 6.07) is 11.5. The van der Waals surface area contributed by atoms with Crippen LogP contribution in [0.25, 0.3) is 0 Å². The normalized spacial score (nSPS) is 15.2. The van der Waals surface area contributed by atoms with E-state index in [9.17, 15) is 4.79 Å². The number of aromatic nitrogens is 1. The van der Waals surface area contributed by atoms with E-state index in [0.29, 0.717) is 12.2 Å². The third-order valence-corrected chi connectivity index (χ3v) is 4.99. The Bertz CT molecular complexity index is 692. The summed E-state index contributed by atoms with van der Waals surface area (Å²) >= 11 is 5.87. The Kier molecular flexibility index (Phi) is 5.92. The van der Waals surface area contributed by atoms with Crippen LogP contribution < -0.4 is 10.2 Å². The van der Waals surface area contributed by atoms with Crippen LogP contribution in [0.3, 0.4) is 0 Å². The maximum atomic E-state index is 12.2. The number of carbonyl (C=O) groups is 1. The quantitative estimate of drug-likeness (QED) is 0.881. The minimum atomic E-state index is -0.132. The van der Waals surface area contributed by atoms with Crippen molar-refractivity contribution >= 4 is 23.2 Å². The van der Waals surface area contributed by atoms with E-state index in [1.807, 2.05) is 42.6 Å². The van der Waals surface area contributed by atoms with Gasteiger partial charge in [-0.2, -0.15) is 0 Å². The second-order valence-corrected chi connectivity index (χ2v) is 7.14. The van der Waals surface area contributed by atoms with Crippen LogP contribution >= 0.6 is 11.6 Å². The topological polar surface area (TPSA) is 45.2 Å². The van der Waals surface area contributed by atoms with Gasteiger partial charge in [0.25, 0.3) is 5.91 Å². The van der Waals surface area contributed by atoms with Gasteiger partial charge in [0.2, 0.25) is 0 Å². The number of rotatable bonds is 5. The number of hydrogen-bond donors (Lipinski definition) is 1. The van der Waals surface area contributed by atoms with Gasteiger partial charge in [0, 0.05) is 24.7 Å². The molecule has 1 aromatic heterocycles. The zero-order valence-electron chi connectivity index (χ0n) is 14.5. The first-order chi connectivity index (χ1) is 12.1. The van der Waals surface area contributed by atoms with Crippen molar-refractivity contribution in [3.63, 3.8) is 0 Å². The lowest BCUT2D eigenvalue weighted by Crippen LogP contribution is -2.33. The van der Waals surface area contributed by atoms with Crippen LogP contribution in [0, 0.1) is 5.92 Å². The zero-order valence-corrected chi connectivity index (χ0v) is 15.3. The minimum Gasteiger partial charge on any atom is -0.370 e. The summed E-state index contributed by atoms with van der Waals surface area (Å²) in [5.74, 6) is 0.669. The minimum absolute atomic E-state index is 0.132. The first-order valence-corrected chi connectivity index (χ1v) is 9.23. The van der Waals surface area contributed by atoms with E-state index in [1.54, 1.807) is 0 Å². The van der Waals surface area contributed by atoms with Crippen molar-refractivity contribution in [3.05, 3.63) is 58.9 Å². The molecule has 1 amide bonds. The van der Waals surface area contributed by atoms with Crippen LogP contribution in [-0.2, 0) is 6.42 Å². The van der Waals surface area contributed by atoms with Crippen LogP contribution in [-0.4, -0.2) is 30.5 Å². The molecule has 4 nitrogen and oxygen atoms in total. The fraction of sp³-hybridized carbons (Fsp3) is 0.400. The summed E-state index contributed by atoms with van der Waals surface area (Å²) in [6.07, 6.45) is 5.01. The summed E-state index contributed by atoms with van der Waals surface area (Å²) in [4.78, 5) is 18.9. The number of nitrogens with zero attached hydrogens (tertiary/aromatic N) is 2. The number of carbonyl (C=O) groups excluding carboxylic acids is 1. The molecule has 0 aliphatic carbocycles. The van der Waals surface area contributed by atoms with Gasteiger partial charge in [-0.1, -0.05) is 30.7 Å². The molecule has 0 bridgehead atoms. The molecule has 0 spiro atoms.